The van der Waals surface area contributed by atoms with Crippen LogP contribution in [-0.2, 0) is 28.4 Å². The minimum atomic E-state index is -3.02. The zero-order valence-electron chi connectivity index (χ0n) is 17.8. The lowest BCUT2D eigenvalue weighted by Crippen LogP contribution is -2.16. The first-order valence-electron chi connectivity index (χ1n) is 10.4. The summed E-state index contributed by atoms with van der Waals surface area (Å²) in [6.45, 7) is 4.18. The zero-order valence-corrected chi connectivity index (χ0v) is 21.0. The summed E-state index contributed by atoms with van der Waals surface area (Å²) in [5, 5.41) is 4.87. The standard InChI is InChI=1S/C24H22BrN3O2S2/c1-15-7-8-19(11-16(15)2)28-24(22-12-18-14-32(29,30)10-9-21(18)31-22)26-23(27-28)13-17-5-3-4-6-20(17)25/h3-8,11-12H,9-10,13-14H2,1-2H3. The van der Waals surface area contributed by atoms with Gasteiger partial charge in [0.2, 0.25) is 0 Å². The number of aromatic nitrogens is 3. The Balaban J connectivity index is 1.62. The molecule has 2 aromatic heterocycles. The summed E-state index contributed by atoms with van der Waals surface area (Å²) in [6.07, 6.45) is 1.18. The Hall–Kier alpha value is -2.29. The molecule has 0 radical (unpaired) electrons. The Bertz CT molecular complexity index is 1440. The minimum Gasteiger partial charge on any atom is -0.228 e. The van der Waals surface area contributed by atoms with Crippen LogP contribution in [0.4, 0.5) is 0 Å². The molecule has 1 aliphatic heterocycles. The van der Waals surface area contributed by atoms with Gasteiger partial charge >= 0.3 is 0 Å². The summed E-state index contributed by atoms with van der Waals surface area (Å²) in [6, 6.07) is 16.3. The van der Waals surface area contributed by atoms with E-state index in [9.17, 15) is 8.42 Å². The van der Waals surface area contributed by atoms with Crippen LogP contribution in [0.5, 0.6) is 0 Å². The SMILES string of the molecule is Cc1ccc(-n2nc(Cc3ccccc3Br)nc2-c2cc3c(s2)CCS(=O)(=O)C3)cc1C. The molecule has 8 heteroatoms. The smallest absolute Gasteiger partial charge is 0.173 e. The molecule has 5 nitrogen and oxygen atoms in total. The Labute approximate surface area is 200 Å². The van der Waals surface area contributed by atoms with E-state index in [1.54, 1.807) is 11.3 Å². The van der Waals surface area contributed by atoms with Crippen molar-refractivity contribution in [3.05, 3.63) is 86.0 Å². The highest BCUT2D eigenvalue weighted by Crippen LogP contribution is 2.36. The number of sulfone groups is 1. The van der Waals surface area contributed by atoms with Crippen molar-refractivity contribution >= 4 is 37.1 Å². The van der Waals surface area contributed by atoms with Gasteiger partial charge in [0.1, 0.15) is 0 Å². The number of fused-ring (bicyclic) bond motifs is 1. The number of hydrogen-bond donors (Lipinski definition) is 0. The van der Waals surface area contributed by atoms with E-state index >= 15 is 0 Å². The van der Waals surface area contributed by atoms with E-state index in [0.29, 0.717) is 12.8 Å². The highest BCUT2D eigenvalue weighted by Gasteiger charge is 2.26. The number of hydrogen-bond acceptors (Lipinski definition) is 5. The first-order chi connectivity index (χ1) is 15.3. The highest BCUT2D eigenvalue weighted by molar-refractivity contribution is 9.10. The molecule has 0 atom stereocenters. The number of thiophene rings is 1. The molecule has 0 N–H and O–H groups in total. The van der Waals surface area contributed by atoms with Crippen LogP contribution in [-0.4, -0.2) is 28.9 Å². The number of aryl methyl sites for hydroxylation is 3. The molecular formula is C24H22BrN3O2S2. The van der Waals surface area contributed by atoms with Gasteiger partial charge in [-0.15, -0.1) is 11.3 Å². The molecule has 0 fully saturated rings. The van der Waals surface area contributed by atoms with Gasteiger partial charge in [-0.25, -0.2) is 18.1 Å². The van der Waals surface area contributed by atoms with Crippen molar-refractivity contribution in [2.45, 2.75) is 32.4 Å². The second-order valence-electron chi connectivity index (χ2n) is 8.20. The molecule has 3 heterocycles. The van der Waals surface area contributed by atoms with Crippen molar-refractivity contribution in [1.29, 1.82) is 0 Å². The molecule has 0 saturated heterocycles. The average Bonchev–Trinajstić information content (AvgIpc) is 3.34. The predicted molar refractivity (Wildman–Crippen MR) is 132 cm³/mol. The van der Waals surface area contributed by atoms with Crippen LogP contribution in [0.25, 0.3) is 16.4 Å². The second kappa shape index (κ2) is 8.24. The fourth-order valence-electron chi connectivity index (χ4n) is 3.91. The summed E-state index contributed by atoms with van der Waals surface area (Å²) in [7, 11) is -3.02. The van der Waals surface area contributed by atoms with Crippen LogP contribution in [0.2, 0.25) is 0 Å². The molecule has 0 saturated carbocycles. The van der Waals surface area contributed by atoms with Gasteiger partial charge in [-0.05, 0) is 66.8 Å². The van der Waals surface area contributed by atoms with Gasteiger partial charge in [0.15, 0.2) is 21.5 Å². The topological polar surface area (TPSA) is 64.8 Å². The predicted octanol–water partition coefficient (Wildman–Crippen LogP) is 5.44. The number of halogens is 1. The summed E-state index contributed by atoms with van der Waals surface area (Å²) in [4.78, 5) is 7.01. The maximum atomic E-state index is 12.1. The van der Waals surface area contributed by atoms with Gasteiger partial charge in [-0.2, -0.15) is 5.10 Å². The van der Waals surface area contributed by atoms with E-state index in [1.807, 2.05) is 28.9 Å². The van der Waals surface area contributed by atoms with Gasteiger partial charge in [-0.1, -0.05) is 40.2 Å². The third-order valence-electron chi connectivity index (χ3n) is 5.83. The first kappa shape index (κ1) is 21.6. The van der Waals surface area contributed by atoms with Crippen LogP contribution in [0, 0.1) is 13.8 Å². The van der Waals surface area contributed by atoms with E-state index in [0.717, 1.165) is 42.7 Å². The second-order valence-corrected chi connectivity index (χ2v) is 12.4. The molecule has 32 heavy (non-hydrogen) atoms. The summed E-state index contributed by atoms with van der Waals surface area (Å²) >= 11 is 5.25. The van der Waals surface area contributed by atoms with Crippen molar-refractivity contribution in [1.82, 2.24) is 14.8 Å². The lowest BCUT2D eigenvalue weighted by Gasteiger charge is -2.10. The number of nitrogens with zero attached hydrogens (tertiary/aromatic N) is 3. The fraction of sp³-hybridized carbons (Fsp3) is 0.250. The summed E-state index contributed by atoms with van der Waals surface area (Å²) in [5.41, 5.74) is 5.38. The number of rotatable bonds is 4. The van der Waals surface area contributed by atoms with Gasteiger partial charge < -0.3 is 0 Å². The quantitative estimate of drug-likeness (QED) is 0.354. The van der Waals surface area contributed by atoms with Crippen LogP contribution < -0.4 is 0 Å². The van der Waals surface area contributed by atoms with Crippen molar-refractivity contribution < 1.29 is 8.42 Å². The van der Waals surface area contributed by atoms with Crippen LogP contribution >= 0.6 is 27.3 Å². The monoisotopic (exact) mass is 527 g/mol. The molecule has 1 aliphatic rings. The number of benzene rings is 2. The molecule has 0 bridgehead atoms. The van der Waals surface area contributed by atoms with Gasteiger partial charge in [0, 0.05) is 15.8 Å². The lowest BCUT2D eigenvalue weighted by molar-refractivity contribution is 0.592. The van der Waals surface area contributed by atoms with Crippen molar-refractivity contribution in [3.8, 4) is 16.4 Å². The van der Waals surface area contributed by atoms with Gasteiger partial charge in [-0.3, -0.25) is 0 Å². The van der Waals surface area contributed by atoms with Crippen LogP contribution in [0.3, 0.4) is 0 Å². The first-order valence-corrected chi connectivity index (χ1v) is 13.8. The van der Waals surface area contributed by atoms with E-state index in [2.05, 4.69) is 54.0 Å². The molecule has 0 aliphatic carbocycles. The molecule has 0 spiro atoms. The normalized spacial score (nSPS) is 15.0. The van der Waals surface area contributed by atoms with E-state index in [1.165, 1.54) is 11.1 Å². The van der Waals surface area contributed by atoms with Crippen LogP contribution in [0.1, 0.15) is 33.0 Å². The summed E-state index contributed by atoms with van der Waals surface area (Å²) < 4.78 is 27.2. The maximum Gasteiger partial charge on any atom is 0.173 e. The lowest BCUT2D eigenvalue weighted by atomic mass is 10.1. The Morgan fingerprint density at radius 3 is 2.69 bits per heavy atom. The molecule has 0 unspecified atom stereocenters. The zero-order chi connectivity index (χ0) is 22.5. The molecule has 4 aromatic rings. The molecule has 2 aromatic carbocycles. The average molecular weight is 528 g/mol. The van der Waals surface area contributed by atoms with E-state index < -0.39 is 9.84 Å². The third-order valence-corrected chi connectivity index (χ3v) is 9.41. The molecule has 164 valence electrons. The van der Waals surface area contributed by atoms with Gasteiger partial charge in [0.05, 0.1) is 22.1 Å². The summed E-state index contributed by atoms with van der Waals surface area (Å²) in [5.74, 6) is 1.81. The maximum absolute atomic E-state index is 12.1. The van der Waals surface area contributed by atoms with E-state index in [4.69, 9.17) is 10.1 Å². The Morgan fingerprint density at radius 2 is 1.91 bits per heavy atom. The fourth-order valence-corrected chi connectivity index (χ4v) is 7.10. The van der Waals surface area contributed by atoms with Crippen molar-refractivity contribution in [2.75, 3.05) is 5.75 Å². The largest absolute Gasteiger partial charge is 0.228 e. The molecule has 5 rings (SSSR count). The minimum absolute atomic E-state index is 0.112. The molecule has 0 amide bonds. The molecular weight excluding hydrogens is 506 g/mol. The van der Waals surface area contributed by atoms with Gasteiger partial charge in [0.25, 0.3) is 0 Å². The van der Waals surface area contributed by atoms with Crippen molar-refractivity contribution in [2.24, 2.45) is 0 Å². The van der Waals surface area contributed by atoms with E-state index in [-0.39, 0.29) is 11.5 Å². The van der Waals surface area contributed by atoms with Crippen LogP contribution in [0.15, 0.2) is 53.0 Å². The Morgan fingerprint density at radius 1 is 1.09 bits per heavy atom. The highest BCUT2D eigenvalue weighted by atomic mass is 79.9. The third kappa shape index (κ3) is 4.19. The Kier molecular flexibility index (Phi) is 5.55. The van der Waals surface area contributed by atoms with Crippen molar-refractivity contribution in [3.63, 3.8) is 0 Å².